The molecule has 0 aliphatic heterocycles. The lowest BCUT2D eigenvalue weighted by atomic mass is 10.1. The van der Waals surface area contributed by atoms with Gasteiger partial charge in [0.1, 0.15) is 0 Å². The second-order valence-corrected chi connectivity index (χ2v) is 6.08. The maximum atomic E-state index is 12.7. The number of aliphatic hydroxyl groups is 1. The molecule has 0 aliphatic carbocycles. The third-order valence-electron chi connectivity index (χ3n) is 4.38. The van der Waals surface area contributed by atoms with Gasteiger partial charge in [0.15, 0.2) is 11.5 Å². The van der Waals surface area contributed by atoms with Crippen LogP contribution in [0, 0.1) is 0 Å². The number of carbonyl (C=O) groups is 2. The van der Waals surface area contributed by atoms with Crippen LogP contribution >= 0.6 is 0 Å². The zero-order valence-corrected chi connectivity index (χ0v) is 16.7. The van der Waals surface area contributed by atoms with E-state index in [-0.39, 0.29) is 43.9 Å². The van der Waals surface area contributed by atoms with Gasteiger partial charge in [-0.2, -0.15) is 0 Å². The Morgan fingerprint density at radius 3 is 2.37 bits per heavy atom. The first-order chi connectivity index (χ1) is 13.0. The highest BCUT2D eigenvalue weighted by Crippen LogP contribution is 2.28. The minimum absolute atomic E-state index is 0.102. The number of methoxy groups -OCH3 is 2. The summed E-state index contributed by atoms with van der Waals surface area (Å²) in [6.07, 6.45) is 1.53. The Labute approximate surface area is 161 Å². The van der Waals surface area contributed by atoms with Gasteiger partial charge in [-0.1, -0.05) is 13.0 Å². The lowest BCUT2D eigenvalue weighted by molar-refractivity contribution is -0.144. The third-order valence-corrected chi connectivity index (χ3v) is 4.38. The molecular formula is C20H31NO6. The Bertz CT molecular complexity index is 600. The molecule has 1 amide bonds. The van der Waals surface area contributed by atoms with Crippen molar-refractivity contribution in [1.82, 2.24) is 4.90 Å². The predicted molar refractivity (Wildman–Crippen MR) is 102 cm³/mol. The molecule has 0 saturated carbocycles. The van der Waals surface area contributed by atoms with Gasteiger partial charge in [-0.05, 0) is 37.5 Å². The molecule has 0 heterocycles. The van der Waals surface area contributed by atoms with Crippen LogP contribution in [0.25, 0.3) is 0 Å². The SMILES string of the molecule is CCOC(=O)CCN(C(=O)CCc1ccc(OC)c(OC)c1)C(CC)CO. The number of hydrogen-bond donors (Lipinski definition) is 1. The zero-order chi connectivity index (χ0) is 20.2. The summed E-state index contributed by atoms with van der Waals surface area (Å²) in [6.45, 7) is 4.06. The summed E-state index contributed by atoms with van der Waals surface area (Å²) < 4.78 is 15.4. The second kappa shape index (κ2) is 12.2. The van der Waals surface area contributed by atoms with E-state index >= 15 is 0 Å². The van der Waals surface area contributed by atoms with Gasteiger partial charge >= 0.3 is 5.97 Å². The van der Waals surface area contributed by atoms with Gasteiger partial charge in [0.2, 0.25) is 5.91 Å². The highest BCUT2D eigenvalue weighted by atomic mass is 16.5. The summed E-state index contributed by atoms with van der Waals surface area (Å²) >= 11 is 0. The van der Waals surface area contributed by atoms with Crippen molar-refractivity contribution in [2.75, 3.05) is 34.0 Å². The van der Waals surface area contributed by atoms with E-state index in [9.17, 15) is 14.7 Å². The number of ether oxygens (including phenoxy) is 3. The lowest BCUT2D eigenvalue weighted by Gasteiger charge is -2.30. The van der Waals surface area contributed by atoms with Crippen molar-refractivity contribution in [2.24, 2.45) is 0 Å². The van der Waals surface area contributed by atoms with Crippen LogP contribution in [0.3, 0.4) is 0 Å². The van der Waals surface area contributed by atoms with Crippen LogP contribution in [0.1, 0.15) is 38.7 Å². The molecule has 0 bridgehead atoms. The number of aryl methyl sites for hydroxylation is 1. The van der Waals surface area contributed by atoms with Crippen molar-refractivity contribution in [3.8, 4) is 11.5 Å². The molecule has 7 nitrogen and oxygen atoms in total. The summed E-state index contributed by atoms with van der Waals surface area (Å²) in [4.78, 5) is 25.9. The predicted octanol–water partition coefficient (Wildman–Crippen LogP) is 2.19. The number of aliphatic hydroxyl groups excluding tert-OH is 1. The van der Waals surface area contributed by atoms with Gasteiger partial charge in [-0.3, -0.25) is 9.59 Å². The average molecular weight is 381 g/mol. The number of amides is 1. The number of benzene rings is 1. The maximum Gasteiger partial charge on any atom is 0.307 e. The third kappa shape index (κ3) is 7.09. The Hall–Kier alpha value is -2.28. The van der Waals surface area contributed by atoms with E-state index in [0.29, 0.717) is 30.9 Å². The molecule has 152 valence electrons. The first kappa shape index (κ1) is 22.8. The van der Waals surface area contributed by atoms with Crippen LogP contribution in [0.2, 0.25) is 0 Å². The number of carbonyl (C=O) groups excluding carboxylic acids is 2. The molecule has 1 aromatic carbocycles. The van der Waals surface area contributed by atoms with Crippen molar-refractivity contribution in [2.45, 2.75) is 45.6 Å². The van der Waals surface area contributed by atoms with Gasteiger partial charge in [-0.15, -0.1) is 0 Å². The fourth-order valence-corrected chi connectivity index (χ4v) is 2.83. The van der Waals surface area contributed by atoms with E-state index in [4.69, 9.17) is 14.2 Å². The fraction of sp³-hybridized carbons (Fsp3) is 0.600. The van der Waals surface area contributed by atoms with Gasteiger partial charge in [0.25, 0.3) is 0 Å². The van der Waals surface area contributed by atoms with Crippen LogP contribution in [-0.2, 0) is 20.7 Å². The van der Waals surface area contributed by atoms with Gasteiger partial charge < -0.3 is 24.2 Å². The number of esters is 1. The minimum Gasteiger partial charge on any atom is -0.493 e. The van der Waals surface area contributed by atoms with Gasteiger partial charge in [0.05, 0.1) is 39.9 Å². The molecule has 0 fully saturated rings. The maximum absolute atomic E-state index is 12.7. The molecular weight excluding hydrogens is 350 g/mol. The van der Waals surface area contributed by atoms with E-state index in [2.05, 4.69) is 0 Å². The van der Waals surface area contributed by atoms with Crippen LogP contribution in [0.4, 0.5) is 0 Å². The second-order valence-electron chi connectivity index (χ2n) is 6.08. The molecule has 0 saturated heterocycles. The molecule has 0 spiro atoms. The topological polar surface area (TPSA) is 85.3 Å². The summed E-state index contributed by atoms with van der Waals surface area (Å²) in [5.74, 6) is 0.802. The Morgan fingerprint density at radius 2 is 1.81 bits per heavy atom. The standard InChI is InChI=1S/C20H31NO6/c1-5-16(14-22)21(12-11-20(24)27-6-2)19(23)10-8-15-7-9-17(25-3)18(13-15)26-4/h7,9,13,16,22H,5-6,8,10-12,14H2,1-4H3. The molecule has 1 aromatic rings. The van der Waals surface area contributed by atoms with Crippen molar-refractivity contribution >= 4 is 11.9 Å². The molecule has 1 unspecified atom stereocenters. The highest BCUT2D eigenvalue weighted by molar-refractivity contribution is 5.78. The summed E-state index contributed by atoms with van der Waals surface area (Å²) in [6, 6.07) is 5.23. The molecule has 0 radical (unpaired) electrons. The Morgan fingerprint density at radius 1 is 1.11 bits per heavy atom. The first-order valence-corrected chi connectivity index (χ1v) is 9.27. The summed E-state index contributed by atoms with van der Waals surface area (Å²) in [5, 5.41) is 9.58. The quantitative estimate of drug-likeness (QED) is 0.559. The van der Waals surface area contributed by atoms with Crippen molar-refractivity contribution in [1.29, 1.82) is 0 Å². The zero-order valence-electron chi connectivity index (χ0n) is 16.7. The van der Waals surface area contributed by atoms with Gasteiger partial charge in [-0.25, -0.2) is 0 Å². The molecule has 1 N–H and O–H groups in total. The van der Waals surface area contributed by atoms with E-state index in [1.807, 2.05) is 19.1 Å². The van der Waals surface area contributed by atoms with E-state index in [1.165, 1.54) is 0 Å². The van der Waals surface area contributed by atoms with Gasteiger partial charge in [0, 0.05) is 13.0 Å². The Kier molecular flexibility index (Phi) is 10.3. The molecule has 0 aromatic heterocycles. The number of nitrogens with zero attached hydrogens (tertiary/aromatic N) is 1. The highest BCUT2D eigenvalue weighted by Gasteiger charge is 2.22. The number of rotatable bonds is 12. The molecule has 1 atom stereocenters. The van der Waals surface area contributed by atoms with Crippen molar-refractivity contribution < 1.29 is 28.9 Å². The lowest BCUT2D eigenvalue weighted by Crippen LogP contribution is -2.43. The number of hydrogen-bond acceptors (Lipinski definition) is 6. The molecule has 27 heavy (non-hydrogen) atoms. The van der Waals surface area contributed by atoms with Crippen molar-refractivity contribution in [3.63, 3.8) is 0 Å². The van der Waals surface area contributed by atoms with Crippen LogP contribution in [0.5, 0.6) is 11.5 Å². The van der Waals surface area contributed by atoms with Crippen LogP contribution in [-0.4, -0.2) is 61.9 Å². The normalized spacial score (nSPS) is 11.6. The molecule has 1 rings (SSSR count). The monoisotopic (exact) mass is 381 g/mol. The van der Waals surface area contributed by atoms with Crippen molar-refractivity contribution in [3.05, 3.63) is 23.8 Å². The smallest absolute Gasteiger partial charge is 0.307 e. The fourth-order valence-electron chi connectivity index (χ4n) is 2.83. The minimum atomic E-state index is -0.344. The van der Waals surface area contributed by atoms with Crippen LogP contribution < -0.4 is 9.47 Å². The van der Waals surface area contributed by atoms with E-state index in [0.717, 1.165) is 5.56 Å². The average Bonchev–Trinajstić information content (AvgIpc) is 2.69. The Balaban J connectivity index is 2.76. The molecule has 7 heteroatoms. The van der Waals surface area contributed by atoms with E-state index < -0.39 is 0 Å². The largest absolute Gasteiger partial charge is 0.493 e. The molecule has 0 aliphatic rings. The summed E-state index contributed by atoms with van der Waals surface area (Å²) in [5.41, 5.74) is 0.948. The summed E-state index contributed by atoms with van der Waals surface area (Å²) in [7, 11) is 3.14. The van der Waals surface area contributed by atoms with Crippen LogP contribution in [0.15, 0.2) is 18.2 Å². The first-order valence-electron chi connectivity index (χ1n) is 9.27. The van der Waals surface area contributed by atoms with E-state index in [1.54, 1.807) is 32.1 Å².